The number of hydrogen-bond donors (Lipinski definition) is 2. The molecule has 21 heavy (non-hydrogen) atoms. The number of thiocarbonyl (C=S) groups is 1. The molecule has 0 unspecified atom stereocenters. The van der Waals surface area contributed by atoms with E-state index in [2.05, 4.69) is 5.32 Å². The summed E-state index contributed by atoms with van der Waals surface area (Å²) in [5.74, 6) is -0.155. The van der Waals surface area contributed by atoms with Crippen LogP contribution in [0.2, 0.25) is 5.02 Å². The van der Waals surface area contributed by atoms with Crippen molar-refractivity contribution in [3.8, 4) is 0 Å². The Balaban J connectivity index is 2.15. The predicted octanol–water partition coefficient (Wildman–Crippen LogP) is 4.34. The second-order valence-electron chi connectivity index (χ2n) is 4.96. The minimum atomic E-state index is -0.155. The van der Waals surface area contributed by atoms with Gasteiger partial charge in [-0.25, -0.2) is 4.39 Å². The predicted molar refractivity (Wildman–Crippen MR) is 90.5 cm³/mol. The zero-order valence-electron chi connectivity index (χ0n) is 11.8. The molecule has 110 valence electrons. The summed E-state index contributed by atoms with van der Waals surface area (Å²) in [5, 5.41) is 3.78. The molecule has 0 spiro atoms. The van der Waals surface area contributed by atoms with E-state index in [0.29, 0.717) is 27.7 Å². The average Bonchev–Trinajstić information content (AvgIpc) is 2.43. The third kappa shape index (κ3) is 3.71. The SMILES string of the molecule is Cc1cc(CNc2ccc(C(N)=S)cc2Cl)cc(C)c1F. The van der Waals surface area contributed by atoms with Crippen molar-refractivity contribution in [2.24, 2.45) is 5.73 Å². The van der Waals surface area contributed by atoms with E-state index in [1.54, 1.807) is 19.9 Å². The van der Waals surface area contributed by atoms with Gasteiger partial charge in [0.1, 0.15) is 10.8 Å². The van der Waals surface area contributed by atoms with E-state index in [1.165, 1.54) is 0 Å². The van der Waals surface area contributed by atoms with E-state index < -0.39 is 0 Å². The van der Waals surface area contributed by atoms with Crippen molar-refractivity contribution in [2.45, 2.75) is 20.4 Å². The van der Waals surface area contributed by atoms with Crippen LogP contribution in [0.15, 0.2) is 30.3 Å². The molecule has 0 radical (unpaired) electrons. The lowest BCUT2D eigenvalue weighted by atomic mass is 10.1. The van der Waals surface area contributed by atoms with Crippen LogP contribution in [0.1, 0.15) is 22.3 Å². The molecule has 2 nitrogen and oxygen atoms in total. The van der Waals surface area contributed by atoms with Crippen LogP contribution in [0, 0.1) is 19.7 Å². The van der Waals surface area contributed by atoms with Crippen LogP contribution in [0.5, 0.6) is 0 Å². The summed E-state index contributed by atoms with van der Waals surface area (Å²) in [6, 6.07) is 9.03. The second kappa shape index (κ2) is 6.41. The summed E-state index contributed by atoms with van der Waals surface area (Å²) in [6.07, 6.45) is 0. The van der Waals surface area contributed by atoms with Crippen molar-refractivity contribution in [3.05, 3.63) is 63.4 Å². The topological polar surface area (TPSA) is 38.0 Å². The molecule has 0 saturated heterocycles. The number of hydrogen-bond acceptors (Lipinski definition) is 2. The van der Waals surface area contributed by atoms with E-state index in [1.807, 2.05) is 24.3 Å². The number of benzene rings is 2. The zero-order valence-corrected chi connectivity index (χ0v) is 13.4. The van der Waals surface area contributed by atoms with Crippen LogP contribution in [-0.4, -0.2) is 4.99 Å². The highest BCUT2D eigenvalue weighted by molar-refractivity contribution is 7.80. The zero-order chi connectivity index (χ0) is 15.6. The minimum Gasteiger partial charge on any atom is -0.389 e. The van der Waals surface area contributed by atoms with E-state index in [0.717, 1.165) is 16.8 Å². The Labute approximate surface area is 134 Å². The van der Waals surface area contributed by atoms with Gasteiger partial charge in [-0.1, -0.05) is 36.0 Å². The van der Waals surface area contributed by atoms with Gasteiger partial charge in [-0.2, -0.15) is 0 Å². The van der Waals surface area contributed by atoms with Crippen LogP contribution in [0.4, 0.5) is 10.1 Å². The normalized spacial score (nSPS) is 10.5. The van der Waals surface area contributed by atoms with E-state index in [9.17, 15) is 4.39 Å². The summed E-state index contributed by atoms with van der Waals surface area (Å²) in [6.45, 7) is 4.08. The standard InChI is InChI=1S/C16H16ClFN2S/c1-9-5-11(6-10(2)15(9)18)8-20-14-4-3-12(16(19)21)7-13(14)17/h3-7,20H,8H2,1-2H3,(H2,19,21). The van der Waals surface area contributed by atoms with Gasteiger partial charge in [-0.15, -0.1) is 0 Å². The summed E-state index contributed by atoms with van der Waals surface area (Å²) < 4.78 is 13.6. The Morgan fingerprint density at radius 2 is 1.86 bits per heavy atom. The molecule has 0 bridgehead atoms. The Hall–Kier alpha value is -1.65. The van der Waals surface area contributed by atoms with Gasteiger partial charge in [-0.05, 0) is 48.7 Å². The van der Waals surface area contributed by atoms with Gasteiger partial charge in [0.05, 0.1) is 10.7 Å². The Morgan fingerprint density at radius 1 is 1.24 bits per heavy atom. The maximum absolute atomic E-state index is 13.6. The first-order valence-corrected chi connectivity index (χ1v) is 7.26. The second-order valence-corrected chi connectivity index (χ2v) is 5.80. The molecule has 0 aliphatic carbocycles. The van der Waals surface area contributed by atoms with Gasteiger partial charge in [0.15, 0.2) is 0 Å². The molecule has 0 atom stereocenters. The van der Waals surface area contributed by atoms with Gasteiger partial charge in [0.25, 0.3) is 0 Å². The first kappa shape index (κ1) is 15.7. The first-order chi connectivity index (χ1) is 9.88. The van der Waals surface area contributed by atoms with E-state index in [-0.39, 0.29) is 5.82 Å². The summed E-state index contributed by atoms with van der Waals surface area (Å²) in [4.78, 5) is 0.313. The summed E-state index contributed by atoms with van der Waals surface area (Å²) >= 11 is 11.1. The molecular weight excluding hydrogens is 307 g/mol. The number of halogens is 2. The molecule has 0 aliphatic rings. The number of nitrogens with two attached hydrogens (primary N) is 1. The monoisotopic (exact) mass is 322 g/mol. The quantitative estimate of drug-likeness (QED) is 0.822. The lowest BCUT2D eigenvalue weighted by molar-refractivity contribution is 0.608. The van der Waals surface area contributed by atoms with Crippen LogP contribution >= 0.6 is 23.8 Å². The highest BCUT2D eigenvalue weighted by Gasteiger charge is 2.06. The Morgan fingerprint density at radius 3 is 2.38 bits per heavy atom. The fourth-order valence-electron chi connectivity index (χ4n) is 2.15. The maximum Gasteiger partial charge on any atom is 0.129 e. The molecule has 0 saturated carbocycles. The van der Waals surface area contributed by atoms with Crippen molar-refractivity contribution in [1.82, 2.24) is 0 Å². The van der Waals surface area contributed by atoms with E-state index in [4.69, 9.17) is 29.6 Å². The number of rotatable bonds is 4. The minimum absolute atomic E-state index is 0.155. The summed E-state index contributed by atoms with van der Waals surface area (Å²) in [5.41, 5.74) is 9.36. The van der Waals surface area contributed by atoms with Gasteiger partial charge >= 0.3 is 0 Å². The Kier molecular flexibility index (Phi) is 4.80. The van der Waals surface area contributed by atoms with Crippen LogP contribution in [-0.2, 0) is 6.54 Å². The van der Waals surface area contributed by atoms with Crippen LogP contribution < -0.4 is 11.1 Å². The molecule has 0 amide bonds. The van der Waals surface area contributed by atoms with Gasteiger partial charge in [0.2, 0.25) is 0 Å². The highest BCUT2D eigenvalue weighted by Crippen LogP contribution is 2.24. The fourth-order valence-corrected chi connectivity index (χ4v) is 2.52. The smallest absolute Gasteiger partial charge is 0.129 e. The molecule has 2 aromatic carbocycles. The highest BCUT2D eigenvalue weighted by atomic mass is 35.5. The lowest BCUT2D eigenvalue weighted by Crippen LogP contribution is -2.09. The molecular formula is C16H16ClFN2S. The molecule has 3 N–H and O–H groups in total. The van der Waals surface area contributed by atoms with Crippen molar-refractivity contribution >= 4 is 34.5 Å². The number of nitrogens with one attached hydrogen (secondary N) is 1. The average molecular weight is 323 g/mol. The first-order valence-electron chi connectivity index (χ1n) is 6.47. The van der Waals surface area contributed by atoms with Crippen molar-refractivity contribution in [1.29, 1.82) is 0 Å². The van der Waals surface area contributed by atoms with Gasteiger partial charge < -0.3 is 11.1 Å². The molecule has 0 aromatic heterocycles. The molecule has 0 fully saturated rings. The molecule has 5 heteroatoms. The van der Waals surface area contributed by atoms with Gasteiger partial charge in [-0.3, -0.25) is 0 Å². The third-order valence-electron chi connectivity index (χ3n) is 3.23. The fraction of sp³-hybridized carbons (Fsp3) is 0.188. The summed E-state index contributed by atoms with van der Waals surface area (Å²) in [7, 11) is 0. The Bertz CT molecular complexity index is 678. The van der Waals surface area contributed by atoms with Crippen molar-refractivity contribution in [3.63, 3.8) is 0 Å². The maximum atomic E-state index is 13.6. The van der Waals surface area contributed by atoms with Gasteiger partial charge in [0, 0.05) is 12.1 Å². The van der Waals surface area contributed by atoms with Crippen molar-refractivity contribution in [2.75, 3.05) is 5.32 Å². The number of aryl methyl sites for hydroxylation is 2. The van der Waals surface area contributed by atoms with E-state index >= 15 is 0 Å². The molecule has 0 heterocycles. The molecule has 2 aromatic rings. The van der Waals surface area contributed by atoms with Crippen molar-refractivity contribution < 1.29 is 4.39 Å². The van der Waals surface area contributed by atoms with Crippen LogP contribution in [0.25, 0.3) is 0 Å². The molecule has 2 rings (SSSR count). The number of anilines is 1. The van der Waals surface area contributed by atoms with Crippen LogP contribution in [0.3, 0.4) is 0 Å². The molecule has 0 aliphatic heterocycles. The largest absolute Gasteiger partial charge is 0.389 e. The third-order valence-corrected chi connectivity index (χ3v) is 3.78. The lowest BCUT2D eigenvalue weighted by Gasteiger charge is -2.11.